The molecule has 4 rings (SSSR count). The highest BCUT2D eigenvalue weighted by Gasteiger charge is 2.32. The molecule has 8 nitrogen and oxygen atoms in total. The van der Waals surface area contributed by atoms with Crippen LogP contribution in [-0.2, 0) is 19.6 Å². The first kappa shape index (κ1) is 20.6. The van der Waals surface area contributed by atoms with Gasteiger partial charge in [0.2, 0.25) is 15.9 Å². The van der Waals surface area contributed by atoms with Crippen LogP contribution in [0.15, 0.2) is 47.4 Å². The molecule has 0 unspecified atom stereocenters. The van der Waals surface area contributed by atoms with E-state index in [1.54, 1.807) is 24.3 Å². The fraction of sp³-hybridized carbons (Fsp3) is 0.300. The van der Waals surface area contributed by atoms with Crippen LogP contribution < -0.4 is 15.0 Å². The van der Waals surface area contributed by atoms with E-state index in [4.69, 9.17) is 16.3 Å². The summed E-state index contributed by atoms with van der Waals surface area (Å²) in [6.45, 7) is 0.436. The molecular weight excluding hydrogens is 430 g/mol. The summed E-state index contributed by atoms with van der Waals surface area (Å²) in [5, 5.41) is 3.16. The number of hydrogen-bond acceptors (Lipinski definition) is 5. The Morgan fingerprint density at radius 1 is 1.13 bits per heavy atom. The average Bonchev–Trinajstić information content (AvgIpc) is 3.25. The van der Waals surface area contributed by atoms with Crippen molar-refractivity contribution in [3.05, 3.63) is 47.5 Å². The zero-order chi connectivity index (χ0) is 21.3. The lowest BCUT2D eigenvalue weighted by Gasteiger charge is -2.29. The lowest BCUT2D eigenvalue weighted by Crippen LogP contribution is -2.43. The number of benzene rings is 2. The van der Waals surface area contributed by atoms with Gasteiger partial charge >= 0.3 is 0 Å². The van der Waals surface area contributed by atoms with Gasteiger partial charge in [-0.25, -0.2) is 8.42 Å². The number of carbonyl (C=O) groups is 2. The van der Waals surface area contributed by atoms with E-state index in [1.807, 2.05) is 0 Å². The van der Waals surface area contributed by atoms with E-state index < -0.39 is 21.8 Å². The Hall–Kier alpha value is -2.62. The van der Waals surface area contributed by atoms with Gasteiger partial charge < -0.3 is 10.1 Å². The van der Waals surface area contributed by atoms with Crippen molar-refractivity contribution in [3.63, 3.8) is 0 Å². The molecule has 0 radical (unpaired) electrons. The molecule has 0 aromatic heterocycles. The van der Waals surface area contributed by atoms with Gasteiger partial charge in [-0.05, 0) is 49.2 Å². The molecule has 2 amide bonds. The van der Waals surface area contributed by atoms with Crippen LogP contribution in [0.4, 0.5) is 11.4 Å². The van der Waals surface area contributed by atoms with E-state index in [-0.39, 0.29) is 23.7 Å². The normalized spacial score (nSPS) is 16.8. The lowest BCUT2D eigenvalue weighted by molar-refractivity contribution is -0.123. The summed E-state index contributed by atoms with van der Waals surface area (Å²) in [7, 11) is -3.67. The molecule has 10 heteroatoms. The summed E-state index contributed by atoms with van der Waals surface area (Å²) in [5.41, 5.74) is 0.756. The molecule has 0 spiro atoms. The summed E-state index contributed by atoms with van der Waals surface area (Å²) >= 11 is 5.93. The molecule has 0 saturated carbocycles. The average molecular weight is 450 g/mol. The number of halogens is 1. The number of anilines is 2. The first-order chi connectivity index (χ1) is 14.3. The van der Waals surface area contributed by atoms with Gasteiger partial charge in [-0.15, -0.1) is 0 Å². The van der Waals surface area contributed by atoms with Gasteiger partial charge in [0.05, 0.1) is 10.6 Å². The summed E-state index contributed by atoms with van der Waals surface area (Å²) in [6, 6.07) is 11.0. The van der Waals surface area contributed by atoms with Crippen LogP contribution in [0.25, 0.3) is 0 Å². The first-order valence-electron chi connectivity index (χ1n) is 9.47. The van der Waals surface area contributed by atoms with Crippen LogP contribution in [-0.4, -0.2) is 50.8 Å². The summed E-state index contributed by atoms with van der Waals surface area (Å²) in [5.74, 6) is -0.517. The molecule has 2 aliphatic heterocycles. The van der Waals surface area contributed by atoms with Crippen molar-refractivity contribution in [1.82, 2.24) is 4.31 Å². The van der Waals surface area contributed by atoms with Gasteiger partial charge in [0.1, 0.15) is 12.3 Å². The van der Waals surface area contributed by atoms with Gasteiger partial charge in [0, 0.05) is 23.8 Å². The minimum absolute atomic E-state index is 0.0710. The number of amides is 2. The second-order valence-electron chi connectivity index (χ2n) is 7.07. The monoisotopic (exact) mass is 449 g/mol. The highest BCUT2D eigenvalue weighted by Crippen LogP contribution is 2.35. The number of sulfonamides is 1. The standard InChI is InChI=1S/C20H20ClN3O5S/c21-14-4-3-5-15(10-14)22-19(25)12-24-17-11-16(6-7-18(17)29-13-20(24)26)30(27,28)23-8-1-2-9-23/h3-7,10-11H,1-2,8-9,12-13H2,(H,22,25). The number of nitrogens with one attached hydrogen (secondary N) is 1. The van der Waals surface area contributed by atoms with Crippen molar-refractivity contribution in [2.45, 2.75) is 17.7 Å². The van der Waals surface area contributed by atoms with Gasteiger partial charge in [-0.3, -0.25) is 14.5 Å². The predicted octanol–water partition coefficient (Wildman–Crippen LogP) is 2.49. The third-order valence-corrected chi connectivity index (χ3v) is 7.12. The van der Waals surface area contributed by atoms with Crippen LogP contribution in [0.1, 0.15) is 12.8 Å². The van der Waals surface area contributed by atoms with Crippen molar-refractivity contribution in [2.75, 3.05) is 36.5 Å². The molecular formula is C20H20ClN3O5S. The molecule has 0 aliphatic carbocycles. The zero-order valence-corrected chi connectivity index (χ0v) is 17.6. The highest BCUT2D eigenvalue weighted by atomic mass is 35.5. The quantitative estimate of drug-likeness (QED) is 0.756. The van der Waals surface area contributed by atoms with Crippen LogP contribution >= 0.6 is 11.6 Å². The van der Waals surface area contributed by atoms with E-state index in [2.05, 4.69) is 5.32 Å². The molecule has 158 valence electrons. The third kappa shape index (κ3) is 4.14. The van der Waals surface area contributed by atoms with Gasteiger partial charge in [-0.2, -0.15) is 4.31 Å². The fourth-order valence-corrected chi connectivity index (χ4v) is 5.23. The Balaban J connectivity index is 1.59. The molecule has 0 bridgehead atoms. The van der Waals surface area contributed by atoms with Crippen molar-refractivity contribution in [1.29, 1.82) is 0 Å². The number of rotatable bonds is 5. The van der Waals surface area contributed by atoms with Crippen LogP contribution in [0.5, 0.6) is 5.75 Å². The van der Waals surface area contributed by atoms with Crippen molar-refractivity contribution >= 4 is 44.8 Å². The zero-order valence-electron chi connectivity index (χ0n) is 16.0. The number of hydrogen-bond donors (Lipinski definition) is 1. The van der Waals surface area contributed by atoms with Crippen molar-refractivity contribution < 1.29 is 22.7 Å². The topological polar surface area (TPSA) is 96.0 Å². The fourth-order valence-electron chi connectivity index (χ4n) is 3.50. The predicted molar refractivity (Wildman–Crippen MR) is 112 cm³/mol. The Kier molecular flexibility index (Phi) is 5.68. The van der Waals surface area contributed by atoms with Gasteiger partial charge in [-0.1, -0.05) is 17.7 Å². The SMILES string of the molecule is O=C(CN1C(=O)COc2ccc(S(=O)(=O)N3CCCC3)cc21)Nc1cccc(Cl)c1. The Labute approximate surface area is 179 Å². The number of fused-ring (bicyclic) bond motifs is 1. The second-order valence-corrected chi connectivity index (χ2v) is 9.44. The Bertz CT molecular complexity index is 1100. The van der Waals surface area contributed by atoms with Crippen LogP contribution in [0.2, 0.25) is 5.02 Å². The maximum absolute atomic E-state index is 12.9. The second kappa shape index (κ2) is 8.25. The molecule has 30 heavy (non-hydrogen) atoms. The van der Waals surface area contributed by atoms with Crippen LogP contribution in [0, 0.1) is 0 Å². The first-order valence-corrected chi connectivity index (χ1v) is 11.3. The molecule has 2 heterocycles. The lowest BCUT2D eigenvalue weighted by atomic mass is 10.2. The van der Waals surface area contributed by atoms with Crippen molar-refractivity contribution in [2.24, 2.45) is 0 Å². The van der Waals surface area contributed by atoms with Gasteiger partial charge in [0.15, 0.2) is 6.61 Å². The summed E-state index contributed by atoms with van der Waals surface area (Å²) < 4.78 is 32.6. The smallest absolute Gasteiger partial charge is 0.265 e. The Morgan fingerprint density at radius 3 is 2.63 bits per heavy atom. The van der Waals surface area contributed by atoms with E-state index in [9.17, 15) is 18.0 Å². The van der Waals surface area contributed by atoms with E-state index >= 15 is 0 Å². The maximum atomic E-state index is 12.9. The van der Waals surface area contributed by atoms with Crippen molar-refractivity contribution in [3.8, 4) is 5.75 Å². The molecule has 2 aromatic rings. The maximum Gasteiger partial charge on any atom is 0.265 e. The Morgan fingerprint density at radius 2 is 1.90 bits per heavy atom. The molecule has 2 aromatic carbocycles. The summed E-state index contributed by atoms with van der Waals surface area (Å²) in [4.78, 5) is 26.3. The third-order valence-electron chi connectivity index (χ3n) is 4.99. The highest BCUT2D eigenvalue weighted by molar-refractivity contribution is 7.89. The molecule has 1 saturated heterocycles. The van der Waals surface area contributed by atoms with E-state index in [0.717, 1.165) is 12.8 Å². The minimum Gasteiger partial charge on any atom is -0.482 e. The minimum atomic E-state index is -3.67. The molecule has 1 N–H and O–H groups in total. The number of nitrogens with zero attached hydrogens (tertiary/aromatic N) is 2. The molecule has 0 atom stereocenters. The number of ether oxygens (including phenoxy) is 1. The largest absolute Gasteiger partial charge is 0.482 e. The van der Waals surface area contributed by atoms with E-state index in [0.29, 0.717) is 29.5 Å². The van der Waals surface area contributed by atoms with Gasteiger partial charge in [0.25, 0.3) is 5.91 Å². The van der Waals surface area contributed by atoms with Crippen LogP contribution in [0.3, 0.4) is 0 Å². The number of carbonyl (C=O) groups excluding carboxylic acids is 2. The molecule has 2 aliphatic rings. The summed E-state index contributed by atoms with van der Waals surface area (Å²) in [6.07, 6.45) is 1.64. The molecule has 1 fully saturated rings. The van der Waals surface area contributed by atoms with E-state index in [1.165, 1.54) is 27.4 Å².